The van der Waals surface area contributed by atoms with Crippen LogP contribution < -0.4 is 0 Å². The van der Waals surface area contributed by atoms with Gasteiger partial charge >= 0.3 is 0 Å². The second kappa shape index (κ2) is 3.45. The van der Waals surface area contributed by atoms with Crippen LogP contribution in [0.4, 0.5) is 0 Å². The van der Waals surface area contributed by atoms with Crippen LogP contribution in [0, 0.1) is 10.5 Å². The number of H-pyrrole nitrogens is 1. The van der Waals surface area contributed by atoms with Gasteiger partial charge in [-0.25, -0.2) is 4.98 Å². The van der Waals surface area contributed by atoms with Crippen LogP contribution in [0.5, 0.6) is 0 Å². The quantitative estimate of drug-likeness (QED) is 0.817. The van der Waals surface area contributed by atoms with E-state index in [0.29, 0.717) is 0 Å². The molecule has 0 amide bonds. The van der Waals surface area contributed by atoms with Crippen LogP contribution in [-0.4, -0.2) is 15.2 Å². The number of aromatic nitrogens is 3. The van der Waals surface area contributed by atoms with E-state index >= 15 is 0 Å². The molecule has 0 saturated heterocycles. The number of hydrogen-bond acceptors (Lipinski definition) is 2. The second-order valence-electron chi connectivity index (χ2n) is 2.75. The first kappa shape index (κ1) is 8.68. The maximum Gasteiger partial charge on any atom is 0.181 e. The summed E-state index contributed by atoms with van der Waals surface area (Å²) in [6.45, 7) is 1.89. The summed E-state index contributed by atoms with van der Waals surface area (Å²) < 4.78 is 1.22. The molecule has 0 aliphatic rings. The van der Waals surface area contributed by atoms with E-state index in [9.17, 15) is 0 Å². The van der Waals surface area contributed by atoms with Crippen LogP contribution >= 0.6 is 22.6 Å². The number of aromatic amines is 1. The van der Waals surface area contributed by atoms with Gasteiger partial charge in [0.15, 0.2) is 5.82 Å². The highest BCUT2D eigenvalue weighted by molar-refractivity contribution is 14.1. The normalized spacial score (nSPS) is 10.3. The first-order valence-corrected chi connectivity index (χ1v) is 4.98. The number of benzene rings is 1. The minimum atomic E-state index is 0.758. The molecule has 2 aromatic rings. The summed E-state index contributed by atoms with van der Waals surface area (Å²) in [5.41, 5.74) is 1.05. The van der Waals surface area contributed by atoms with E-state index in [1.807, 2.05) is 31.2 Å². The van der Waals surface area contributed by atoms with Crippen LogP contribution in [0.1, 0.15) is 5.82 Å². The Kier molecular flexibility index (Phi) is 2.30. The van der Waals surface area contributed by atoms with Crippen LogP contribution in [0.15, 0.2) is 24.3 Å². The molecule has 4 heteroatoms. The standard InChI is InChI=1S/C9H8IN3/c1-6-11-9(13-12-6)7-2-4-8(10)5-3-7/h2-5H,1H3,(H,11,12,13). The van der Waals surface area contributed by atoms with Crippen molar-refractivity contribution in [3.8, 4) is 11.4 Å². The lowest BCUT2D eigenvalue weighted by Gasteiger charge is -1.93. The predicted octanol–water partition coefficient (Wildman–Crippen LogP) is 2.38. The SMILES string of the molecule is Cc1nc(-c2ccc(I)cc2)n[nH]1. The van der Waals surface area contributed by atoms with Crippen molar-refractivity contribution < 1.29 is 0 Å². The number of hydrogen-bond donors (Lipinski definition) is 1. The molecule has 3 nitrogen and oxygen atoms in total. The highest BCUT2D eigenvalue weighted by Gasteiger charge is 2.01. The molecule has 13 heavy (non-hydrogen) atoms. The topological polar surface area (TPSA) is 41.6 Å². The Morgan fingerprint density at radius 2 is 1.92 bits per heavy atom. The molecule has 0 aliphatic heterocycles. The third kappa shape index (κ3) is 1.88. The third-order valence-corrected chi connectivity index (χ3v) is 2.42. The van der Waals surface area contributed by atoms with Gasteiger partial charge < -0.3 is 0 Å². The molecule has 1 aromatic carbocycles. The van der Waals surface area contributed by atoms with Crippen molar-refractivity contribution in [2.45, 2.75) is 6.92 Å². The largest absolute Gasteiger partial charge is 0.263 e. The van der Waals surface area contributed by atoms with Crippen molar-refractivity contribution in [3.05, 3.63) is 33.7 Å². The van der Waals surface area contributed by atoms with Crippen LogP contribution in [0.2, 0.25) is 0 Å². The fourth-order valence-corrected chi connectivity index (χ4v) is 1.43. The fraction of sp³-hybridized carbons (Fsp3) is 0.111. The molecule has 1 N–H and O–H groups in total. The number of rotatable bonds is 1. The zero-order valence-corrected chi connectivity index (χ0v) is 9.24. The first-order chi connectivity index (χ1) is 6.25. The van der Waals surface area contributed by atoms with Gasteiger partial charge in [-0.3, -0.25) is 5.10 Å². The molecule has 0 saturated carbocycles. The molecule has 0 unspecified atom stereocenters. The summed E-state index contributed by atoms with van der Waals surface area (Å²) in [5.74, 6) is 1.60. The minimum Gasteiger partial charge on any atom is -0.263 e. The number of nitrogens with one attached hydrogen (secondary N) is 1. The van der Waals surface area contributed by atoms with E-state index in [0.717, 1.165) is 17.2 Å². The Bertz CT molecular complexity index is 405. The summed E-state index contributed by atoms with van der Waals surface area (Å²) in [6, 6.07) is 8.12. The van der Waals surface area contributed by atoms with Gasteiger partial charge in [0.2, 0.25) is 0 Å². The van der Waals surface area contributed by atoms with Crippen molar-refractivity contribution in [3.63, 3.8) is 0 Å². The van der Waals surface area contributed by atoms with Gasteiger partial charge in [0.25, 0.3) is 0 Å². The summed E-state index contributed by atoms with van der Waals surface area (Å²) in [5, 5.41) is 6.90. The summed E-state index contributed by atoms with van der Waals surface area (Å²) in [7, 11) is 0. The predicted molar refractivity (Wildman–Crippen MR) is 59.3 cm³/mol. The van der Waals surface area contributed by atoms with E-state index < -0.39 is 0 Å². The van der Waals surface area contributed by atoms with Crippen molar-refractivity contribution in [1.82, 2.24) is 15.2 Å². The Morgan fingerprint density at radius 3 is 2.46 bits per heavy atom. The highest BCUT2D eigenvalue weighted by atomic mass is 127. The van der Waals surface area contributed by atoms with Crippen molar-refractivity contribution in [1.29, 1.82) is 0 Å². The number of aryl methyl sites for hydroxylation is 1. The van der Waals surface area contributed by atoms with E-state index in [4.69, 9.17) is 0 Å². The monoisotopic (exact) mass is 285 g/mol. The highest BCUT2D eigenvalue weighted by Crippen LogP contribution is 2.15. The molecular weight excluding hydrogens is 277 g/mol. The lowest BCUT2D eigenvalue weighted by atomic mass is 10.2. The molecule has 0 fully saturated rings. The minimum absolute atomic E-state index is 0.758. The molecule has 1 aromatic heterocycles. The lowest BCUT2D eigenvalue weighted by molar-refractivity contribution is 1.04. The van der Waals surface area contributed by atoms with Gasteiger partial charge in [-0.1, -0.05) is 12.1 Å². The molecule has 2 rings (SSSR count). The van der Waals surface area contributed by atoms with Crippen LogP contribution in [0.3, 0.4) is 0 Å². The maximum absolute atomic E-state index is 4.24. The molecule has 66 valence electrons. The van der Waals surface area contributed by atoms with E-state index in [1.54, 1.807) is 0 Å². The average Bonchev–Trinajstić information content (AvgIpc) is 2.53. The van der Waals surface area contributed by atoms with Gasteiger partial charge in [-0.2, -0.15) is 5.10 Å². The van der Waals surface area contributed by atoms with Crippen LogP contribution in [0.25, 0.3) is 11.4 Å². The van der Waals surface area contributed by atoms with Gasteiger partial charge in [-0.15, -0.1) is 0 Å². The molecule has 0 aliphatic carbocycles. The first-order valence-electron chi connectivity index (χ1n) is 3.90. The van der Waals surface area contributed by atoms with E-state index in [1.165, 1.54) is 3.57 Å². The Hall–Kier alpha value is -0.910. The van der Waals surface area contributed by atoms with Crippen LogP contribution in [-0.2, 0) is 0 Å². The molecule has 0 bridgehead atoms. The Labute approximate surface area is 89.7 Å². The van der Waals surface area contributed by atoms with Gasteiger partial charge in [0.1, 0.15) is 5.82 Å². The number of nitrogens with zero attached hydrogens (tertiary/aromatic N) is 2. The lowest BCUT2D eigenvalue weighted by Crippen LogP contribution is -1.80. The fourth-order valence-electron chi connectivity index (χ4n) is 1.07. The molecule has 0 atom stereocenters. The molecule has 0 spiro atoms. The van der Waals surface area contributed by atoms with Crippen molar-refractivity contribution in [2.24, 2.45) is 0 Å². The average molecular weight is 285 g/mol. The van der Waals surface area contributed by atoms with Crippen molar-refractivity contribution >= 4 is 22.6 Å². The summed E-state index contributed by atoms with van der Waals surface area (Å²) in [4.78, 5) is 4.24. The molecular formula is C9H8IN3. The second-order valence-corrected chi connectivity index (χ2v) is 4.00. The number of halogens is 1. The third-order valence-electron chi connectivity index (χ3n) is 1.70. The maximum atomic E-state index is 4.24. The van der Waals surface area contributed by atoms with E-state index in [-0.39, 0.29) is 0 Å². The van der Waals surface area contributed by atoms with Gasteiger partial charge in [0.05, 0.1) is 0 Å². The van der Waals surface area contributed by atoms with Gasteiger partial charge in [0, 0.05) is 9.13 Å². The summed E-state index contributed by atoms with van der Waals surface area (Å²) in [6.07, 6.45) is 0. The summed E-state index contributed by atoms with van der Waals surface area (Å²) >= 11 is 2.27. The smallest absolute Gasteiger partial charge is 0.181 e. The molecule has 1 heterocycles. The van der Waals surface area contributed by atoms with E-state index in [2.05, 4.69) is 37.8 Å². The molecule has 0 radical (unpaired) electrons. The Morgan fingerprint density at radius 1 is 1.23 bits per heavy atom. The zero-order valence-electron chi connectivity index (χ0n) is 7.08. The van der Waals surface area contributed by atoms with Gasteiger partial charge in [-0.05, 0) is 41.6 Å². The zero-order chi connectivity index (χ0) is 9.26. The Balaban J connectivity index is 2.41. The van der Waals surface area contributed by atoms with Crippen molar-refractivity contribution in [2.75, 3.05) is 0 Å².